The van der Waals surface area contributed by atoms with Gasteiger partial charge in [0.2, 0.25) is 5.75 Å². The third-order valence-electron chi connectivity index (χ3n) is 3.02. The molecule has 0 heterocycles. The van der Waals surface area contributed by atoms with E-state index in [4.69, 9.17) is 26.9 Å². The van der Waals surface area contributed by atoms with Crippen LogP contribution in [0.2, 0.25) is 5.02 Å². The summed E-state index contributed by atoms with van der Waals surface area (Å²) >= 11 is 5.78. The van der Waals surface area contributed by atoms with Crippen molar-refractivity contribution in [2.45, 2.75) is 6.18 Å². The molecule has 0 unspecified atom stereocenters. The number of ether oxygens (including phenoxy) is 1. The second-order valence-corrected chi connectivity index (χ2v) is 5.00. The average molecular weight is 368 g/mol. The highest BCUT2D eigenvalue weighted by atomic mass is 35.5. The van der Waals surface area contributed by atoms with Gasteiger partial charge in [0.15, 0.2) is 0 Å². The van der Waals surface area contributed by atoms with Crippen molar-refractivity contribution in [1.29, 1.82) is 10.5 Å². The molecule has 0 atom stereocenters. The zero-order valence-electron chi connectivity index (χ0n) is 12.0. The number of halogens is 4. The van der Waals surface area contributed by atoms with E-state index in [1.807, 2.05) is 0 Å². The van der Waals surface area contributed by atoms with Crippen molar-refractivity contribution in [2.75, 3.05) is 0 Å². The molecule has 126 valence electrons. The zero-order valence-corrected chi connectivity index (χ0v) is 12.7. The number of nitro groups is 1. The van der Waals surface area contributed by atoms with Crippen LogP contribution in [0, 0.1) is 32.8 Å². The van der Waals surface area contributed by atoms with E-state index in [-0.39, 0.29) is 16.1 Å². The lowest BCUT2D eigenvalue weighted by atomic mass is 10.1. The van der Waals surface area contributed by atoms with Gasteiger partial charge in [-0.05, 0) is 18.2 Å². The van der Waals surface area contributed by atoms with Crippen molar-refractivity contribution in [2.24, 2.45) is 0 Å². The molecular formula is C15H5ClF3N3O3. The maximum Gasteiger partial charge on any atom is 0.416 e. The fourth-order valence-electron chi connectivity index (χ4n) is 1.85. The minimum absolute atomic E-state index is 0.217. The van der Waals surface area contributed by atoms with Crippen molar-refractivity contribution in [1.82, 2.24) is 0 Å². The van der Waals surface area contributed by atoms with Crippen LogP contribution >= 0.6 is 11.6 Å². The van der Waals surface area contributed by atoms with Crippen LogP contribution in [-0.2, 0) is 6.18 Å². The first kappa shape index (κ1) is 18.0. The molecule has 10 heteroatoms. The van der Waals surface area contributed by atoms with E-state index in [2.05, 4.69) is 0 Å². The molecule has 0 saturated carbocycles. The predicted molar refractivity (Wildman–Crippen MR) is 79.1 cm³/mol. The predicted octanol–water partition coefficient (Wildman–Crippen LogP) is 4.80. The second kappa shape index (κ2) is 6.67. The summed E-state index contributed by atoms with van der Waals surface area (Å²) in [6, 6.07) is 7.20. The van der Waals surface area contributed by atoms with Crippen molar-refractivity contribution in [3.8, 4) is 23.6 Å². The molecular weight excluding hydrogens is 363 g/mol. The Hall–Kier alpha value is -3.30. The summed E-state index contributed by atoms with van der Waals surface area (Å²) in [6.07, 6.45) is -4.67. The van der Waals surface area contributed by atoms with Gasteiger partial charge >= 0.3 is 11.9 Å². The lowest BCUT2D eigenvalue weighted by Crippen LogP contribution is -2.05. The summed E-state index contributed by atoms with van der Waals surface area (Å²) < 4.78 is 43.5. The van der Waals surface area contributed by atoms with Gasteiger partial charge in [0.25, 0.3) is 0 Å². The Kier molecular flexibility index (Phi) is 4.82. The molecule has 2 rings (SSSR count). The molecule has 0 aliphatic rings. The first-order valence-corrected chi connectivity index (χ1v) is 6.72. The highest BCUT2D eigenvalue weighted by Crippen LogP contribution is 2.39. The quantitative estimate of drug-likeness (QED) is 0.572. The molecule has 2 aromatic rings. The first-order valence-electron chi connectivity index (χ1n) is 6.34. The zero-order chi connectivity index (χ0) is 18.8. The number of nitriles is 2. The van der Waals surface area contributed by atoms with Gasteiger partial charge in [-0.15, -0.1) is 0 Å². The highest BCUT2D eigenvalue weighted by Gasteiger charge is 2.31. The lowest BCUT2D eigenvalue weighted by Gasteiger charge is -2.12. The van der Waals surface area contributed by atoms with Crippen molar-refractivity contribution >= 4 is 17.3 Å². The Morgan fingerprint density at radius 1 is 1.08 bits per heavy atom. The molecule has 0 fully saturated rings. The van der Waals surface area contributed by atoms with Crippen LogP contribution in [0.4, 0.5) is 18.9 Å². The third kappa shape index (κ3) is 3.79. The molecule has 0 radical (unpaired) electrons. The Morgan fingerprint density at radius 3 is 2.20 bits per heavy atom. The summed E-state index contributed by atoms with van der Waals surface area (Å²) in [5, 5.41) is 28.8. The molecule has 2 aromatic carbocycles. The van der Waals surface area contributed by atoms with Gasteiger partial charge in [-0.2, -0.15) is 23.7 Å². The molecule has 25 heavy (non-hydrogen) atoms. The Morgan fingerprint density at radius 2 is 1.68 bits per heavy atom. The maximum absolute atomic E-state index is 12.8. The summed E-state index contributed by atoms with van der Waals surface area (Å²) in [7, 11) is 0. The monoisotopic (exact) mass is 367 g/mol. The Labute approximate surface area is 143 Å². The van der Waals surface area contributed by atoms with Crippen LogP contribution in [0.3, 0.4) is 0 Å². The highest BCUT2D eigenvalue weighted by molar-refractivity contribution is 6.32. The molecule has 0 saturated heterocycles. The fraction of sp³-hybridized carbons (Fsp3) is 0.0667. The molecule has 0 amide bonds. The summed E-state index contributed by atoms with van der Waals surface area (Å²) in [5.41, 5.74) is -2.25. The molecule has 0 aliphatic carbocycles. The molecule has 0 bridgehead atoms. The average Bonchev–Trinajstić information content (AvgIpc) is 2.55. The van der Waals surface area contributed by atoms with Crippen LogP contribution < -0.4 is 4.74 Å². The largest absolute Gasteiger partial charge is 0.448 e. The van der Waals surface area contributed by atoms with E-state index in [1.165, 1.54) is 0 Å². The number of benzene rings is 2. The smallest absolute Gasteiger partial charge is 0.416 e. The van der Waals surface area contributed by atoms with Gasteiger partial charge in [-0.1, -0.05) is 11.6 Å². The van der Waals surface area contributed by atoms with Gasteiger partial charge in [0.1, 0.15) is 17.9 Å². The number of nitro benzene ring substituents is 1. The van der Waals surface area contributed by atoms with E-state index in [0.29, 0.717) is 6.07 Å². The van der Waals surface area contributed by atoms with Gasteiger partial charge in [-0.3, -0.25) is 10.1 Å². The van der Waals surface area contributed by atoms with Crippen LogP contribution in [0.15, 0.2) is 30.3 Å². The summed E-state index contributed by atoms with van der Waals surface area (Å²) in [5.74, 6) is -0.991. The molecule has 0 aromatic heterocycles. The van der Waals surface area contributed by atoms with Gasteiger partial charge in [0.05, 0.1) is 26.6 Å². The minimum Gasteiger partial charge on any atom is -0.448 e. The Bertz CT molecular complexity index is 946. The van der Waals surface area contributed by atoms with E-state index >= 15 is 0 Å². The normalized spacial score (nSPS) is 10.6. The van der Waals surface area contributed by atoms with E-state index in [9.17, 15) is 23.3 Å². The van der Waals surface area contributed by atoms with Crippen molar-refractivity contribution < 1.29 is 22.8 Å². The number of nitrogens with zero attached hydrogens (tertiary/aromatic N) is 3. The molecule has 0 aliphatic heterocycles. The van der Waals surface area contributed by atoms with E-state index in [0.717, 1.165) is 24.3 Å². The Balaban J connectivity index is 2.59. The maximum atomic E-state index is 12.8. The number of rotatable bonds is 3. The van der Waals surface area contributed by atoms with Crippen LogP contribution in [0.5, 0.6) is 11.5 Å². The van der Waals surface area contributed by atoms with E-state index in [1.54, 1.807) is 12.1 Å². The summed E-state index contributed by atoms with van der Waals surface area (Å²) in [4.78, 5) is 10.2. The van der Waals surface area contributed by atoms with Crippen molar-refractivity contribution in [3.05, 3.63) is 62.2 Å². The molecule has 0 N–H and O–H groups in total. The lowest BCUT2D eigenvalue weighted by molar-refractivity contribution is -0.385. The minimum atomic E-state index is -4.67. The SMILES string of the molecule is N#Cc1cc(Oc2cc(C(F)(F)F)ccc2Cl)c([N+](=O)[O-])cc1C#N. The van der Waals surface area contributed by atoms with Crippen LogP contribution in [0.25, 0.3) is 0 Å². The van der Waals surface area contributed by atoms with E-state index < -0.39 is 33.8 Å². The first-order chi connectivity index (χ1) is 11.7. The molecule has 6 nitrogen and oxygen atoms in total. The number of hydrogen-bond acceptors (Lipinski definition) is 5. The van der Waals surface area contributed by atoms with Gasteiger partial charge < -0.3 is 4.74 Å². The topological polar surface area (TPSA) is 99.9 Å². The summed E-state index contributed by atoms with van der Waals surface area (Å²) in [6.45, 7) is 0. The van der Waals surface area contributed by atoms with Gasteiger partial charge in [0, 0.05) is 12.1 Å². The standard InChI is InChI=1S/C15H5ClF3N3O3/c16-11-2-1-10(15(17,18)19)5-13(11)25-14-4-9(7-21)8(6-20)3-12(14)22(23)24/h1-5H. The number of hydrogen-bond donors (Lipinski definition) is 0. The molecule has 0 spiro atoms. The third-order valence-corrected chi connectivity index (χ3v) is 3.33. The van der Waals surface area contributed by atoms with Gasteiger partial charge in [-0.25, -0.2) is 0 Å². The fourth-order valence-corrected chi connectivity index (χ4v) is 2.01. The van der Waals surface area contributed by atoms with Crippen LogP contribution in [0.1, 0.15) is 16.7 Å². The van der Waals surface area contributed by atoms with Crippen LogP contribution in [-0.4, -0.2) is 4.92 Å². The number of alkyl halides is 3. The van der Waals surface area contributed by atoms with Crippen molar-refractivity contribution in [3.63, 3.8) is 0 Å². The second-order valence-electron chi connectivity index (χ2n) is 4.59.